The predicted molar refractivity (Wildman–Crippen MR) is 60.2 cm³/mol. The van der Waals surface area contributed by atoms with Crippen LogP contribution in [0.4, 0.5) is 8.78 Å². The van der Waals surface area contributed by atoms with Gasteiger partial charge in [0.2, 0.25) is 0 Å². The summed E-state index contributed by atoms with van der Waals surface area (Å²) < 4.78 is 26.2. The van der Waals surface area contributed by atoms with Crippen molar-refractivity contribution in [2.45, 2.75) is 20.0 Å². The molecule has 1 aromatic carbocycles. The third-order valence-corrected chi connectivity index (χ3v) is 2.39. The Hall–Kier alpha value is -1.75. The molecule has 0 aliphatic carbocycles. The van der Waals surface area contributed by atoms with E-state index in [0.717, 1.165) is 23.7 Å². The van der Waals surface area contributed by atoms with E-state index in [1.807, 2.05) is 6.92 Å². The minimum Gasteiger partial charge on any atom is -0.345 e. The van der Waals surface area contributed by atoms with Crippen molar-refractivity contribution in [3.8, 4) is 0 Å². The molecule has 17 heavy (non-hydrogen) atoms. The van der Waals surface area contributed by atoms with Gasteiger partial charge in [0.25, 0.3) is 0 Å². The molecule has 0 saturated carbocycles. The molecule has 0 aliphatic rings. The topological polar surface area (TPSA) is 40.7 Å². The summed E-state index contributed by atoms with van der Waals surface area (Å²) in [5.41, 5.74) is 1.24. The summed E-state index contributed by atoms with van der Waals surface area (Å²) >= 11 is 0. The number of rotatable bonds is 4. The Bertz CT molecular complexity index is 508. The summed E-state index contributed by atoms with van der Waals surface area (Å²) in [5.74, 6) is -0.000915. The van der Waals surface area contributed by atoms with Crippen LogP contribution in [0.3, 0.4) is 0 Å². The number of aromatic nitrogens is 2. The lowest BCUT2D eigenvalue weighted by atomic mass is 10.2. The van der Waals surface area contributed by atoms with Crippen LogP contribution in [0.5, 0.6) is 0 Å². The molecule has 0 bridgehead atoms. The predicted octanol–water partition coefficient (Wildman–Crippen LogP) is 2.29. The summed E-state index contributed by atoms with van der Waals surface area (Å²) in [7, 11) is 0. The first-order valence-electron chi connectivity index (χ1n) is 5.30. The smallest absolute Gasteiger partial charge is 0.127 e. The Morgan fingerprint density at radius 2 is 2.12 bits per heavy atom. The van der Waals surface area contributed by atoms with Crippen LogP contribution in [0.1, 0.15) is 17.1 Å². The number of imidazole rings is 1. The van der Waals surface area contributed by atoms with Crippen LogP contribution in [0, 0.1) is 18.6 Å². The summed E-state index contributed by atoms with van der Waals surface area (Å²) in [6.45, 7) is 2.67. The van der Waals surface area contributed by atoms with Crippen molar-refractivity contribution in [3.05, 3.63) is 53.1 Å². The van der Waals surface area contributed by atoms with Gasteiger partial charge in [0, 0.05) is 30.5 Å². The average molecular weight is 237 g/mol. The van der Waals surface area contributed by atoms with E-state index in [9.17, 15) is 8.78 Å². The van der Waals surface area contributed by atoms with Crippen LogP contribution in [0.2, 0.25) is 0 Å². The number of nitrogens with zero attached hydrogens (tertiary/aromatic N) is 1. The molecule has 5 heteroatoms. The largest absolute Gasteiger partial charge is 0.345 e. The maximum absolute atomic E-state index is 13.3. The van der Waals surface area contributed by atoms with E-state index in [1.54, 1.807) is 6.20 Å². The summed E-state index contributed by atoms with van der Waals surface area (Å²) in [6, 6.07) is 3.43. The molecule has 3 nitrogen and oxygen atoms in total. The molecule has 0 atom stereocenters. The molecule has 0 amide bonds. The molecule has 2 aromatic rings. The van der Waals surface area contributed by atoms with E-state index in [-0.39, 0.29) is 6.54 Å². The molecule has 90 valence electrons. The first kappa shape index (κ1) is 11.7. The SMILES string of the molecule is Cc1ncc(CNCc2cc(F)ccc2F)[nH]1. The van der Waals surface area contributed by atoms with Gasteiger partial charge in [-0.25, -0.2) is 13.8 Å². The number of hydrogen-bond donors (Lipinski definition) is 2. The number of H-pyrrole nitrogens is 1. The number of hydrogen-bond acceptors (Lipinski definition) is 2. The van der Waals surface area contributed by atoms with Crippen molar-refractivity contribution in [2.24, 2.45) is 0 Å². The third-order valence-electron chi connectivity index (χ3n) is 2.39. The molecular weight excluding hydrogens is 224 g/mol. The third kappa shape index (κ3) is 3.10. The fraction of sp³-hybridized carbons (Fsp3) is 0.250. The van der Waals surface area contributed by atoms with Crippen LogP contribution >= 0.6 is 0 Å². The fourth-order valence-corrected chi connectivity index (χ4v) is 1.57. The highest BCUT2D eigenvalue weighted by Gasteiger charge is 2.03. The average Bonchev–Trinajstić information content (AvgIpc) is 2.69. The highest BCUT2D eigenvalue weighted by atomic mass is 19.1. The molecule has 1 aromatic heterocycles. The van der Waals surface area contributed by atoms with E-state index in [2.05, 4.69) is 15.3 Å². The lowest BCUT2D eigenvalue weighted by Gasteiger charge is -2.04. The molecule has 0 unspecified atom stereocenters. The van der Waals surface area contributed by atoms with Gasteiger partial charge in [-0.05, 0) is 25.1 Å². The number of nitrogens with one attached hydrogen (secondary N) is 2. The van der Waals surface area contributed by atoms with Crippen LogP contribution in [-0.2, 0) is 13.1 Å². The molecule has 0 spiro atoms. The van der Waals surface area contributed by atoms with Gasteiger partial charge in [-0.2, -0.15) is 0 Å². The Balaban J connectivity index is 1.91. The van der Waals surface area contributed by atoms with Crippen molar-refractivity contribution < 1.29 is 8.78 Å². The van der Waals surface area contributed by atoms with Crippen molar-refractivity contribution in [1.29, 1.82) is 0 Å². The first-order chi connectivity index (χ1) is 8.15. The van der Waals surface area contributed by atoms with E-state index in [0.29, 0.717) is 12.1 Å². The zero-order valence-corrected chi connectivity index (χ0v) is 9.43. The van der Waals surface area contributed by atoms with Gasteiger partial charge in [-0.3, -0.25) is 0 Å². The van der Waals surface area contributed by atoms with Gasteiger partial charge in [-0.1, -0.05) is 0 Å². The fourth-order valence-electron chi connectivity index (χ4n) is 1.57. The van der Waals surface area contributed by atoms with Gasteiger partial charge in [0.15, 0.2) is 0 Å². The van der Waals surface area contributed by atoms with Crippen LogP contribution in [0.15, 0.2) is 24.4 Å². The Kier molecular flexibility index (Phi) is 3.49. The quantitative estimate of drug-likeness (QED) is 0.856. The summed E-state index contributed by atoms with van der Waals surface area (Å²) in [4.78, 5) is 7.09. The van der Waals surface area contributed by atoms with Crippen LogP contribution in [0.25, 0.3) is 0 Å². The maximum atomic E-state index is 13.3. The highest BCUT2D eigenvalue weighted by molar-refractivity contribution is 5.18. The molecule has 2 N–H and O–H groups in total. The monoisotopic (exact) mass is 237 g/mol. The first-order valence-corrected chi connectivity index (χ1v) is 5.30. The molecule has 1 heterocycles. The second kappa shape index (κ2) is 5.05. The zero-order valence-electron chi connectivity index (χ0n) is 9.43. The Labute approximate surface area is 97.9 Å². The van der Waals surface area contributed by atoms with Crippen molar-refractivity contribution in [3.63, 3.8) is 0 Å². The van der Waals surface area contributed by atoms with E-state index in [4.69, 9.17) is 0 Å². The highest BCUT2D eigenvalue weighted by Crippen LogP contribution is 2.09. The van der Waals surface area contributed by atoms with Gasteiger partial charge >= 0.3 is 0 Å². The molecule has 0 fully saturated rings. The standard InChI is InChI=1S/C12H13F2N3/c1-8-16-7-11(17-8)6-15-5-9-4-10(13)2-3-12(9)14/h2-4,7,15H,5-6H2,1H3,(H,16,17). The molecule has 0 aliphatic heterocycles. The minimum absolute atomic E-state index is 0.279. The Morgan fingerprint density at radius 1 is 1.29 bits per heavy atom. The van der Waals surface area contributed by atoms with Crippen molar-refractivity contribution in [2.75, 3.05) is 0 Å². The van der Waals surface area contributed by atoms with Crippen molar-refractivity contribution >= 4 is 0 Å². The van der Waals surface area contributed by atoms with Gasteiger partial charge in [-0.15, -0.1) is 0 Å². The van der Waals surface area contributed by atoms with E-state index < -0.39 is 11.6 Å². The number of halogens is 2. The normalized spacial score (nSPS) is 10.8. The Morgan fingerprint density at radius 3 is 2.82 bits per heavy atom. The van der Waals surface area contributed by atoms with E-state index >= 15 is 0 Å². The lowest BCUT2D eigenvalue weighted by molar-refractivity contribution is 0.567. The number of aromatic amines is 1. The minimum atomic E-state index is -0.430. The molecule has 2 rings (SSSR count). The second-order valence-corrected chi connectivity index (χ2v) is 3.83. The van der Waals surface area contributed by atoms with Gasteiger partial charge in [0.05, 0.1) is 0 Å². The number of benzene rings is 1. The van der Waals surface area contributed by atoms with Crippen LogP contribution < -0.4 is 5.32 Å². The molecule has 0 saturated heterocycles. The molecular formula is C12H13F2N3. The van der Waals surface area contributed by atoms with Gasteiger partial charge < -0.3 is 10.3 Å². The maximum Gasteiger partial charge on any atom is 0.127 e. The zero-order chi connectivity index (χ0) is 12.3. The van der Waals surface area contributed by atoms with Crippen LogP contribution in [-0.4, -0.2) is 9.97 Å². The molecule has 0 radical (unpaired) electrons. The second-order valence-electron chi connectivity index (χ2n) is 3.83. The number of aryl methyl sites for hydroxylation is 1. The van der Waals surface area contributed by atoms with Crippen molar-refractivity contribution in [1.82, 2.24) is 15.3 Å². The lowest BCUT2D eigenvalue weighted by Crippen LogP contribution is -2.14. The van der Waals surface area contributed by atoms with Gasteiger partial charge in [0.1, 0.15) is 17.5 Å². The van der Waals surface area contributed by atoms with E-state index in [1.165, 1.54) is 6.07 Å². The summed E-state index contributed by atoms with van der Waals surface area (Å²) in [5, 5.41) is 3.02. The summed E-state index contributed by atoms with van der Waals surface area (Å²) in [6.07, 6.45) is 1.71.